The molecule has 7 heteroatoms. The normalized spacial score (nSPS) is 10.8. The number of aliphatic imine (C=N–C) groups is 1. The molecular weight excluding hydrogens is 458 g/mol. The number of hydrogen-bond donors (Lipinski definition) is 3. The summed E-state index contributed by atoms with van der Waals surface area (Å²) in [6.45, 7) is 2.50. The average molecular weight is 488 g/mol. The smallest absolute Gasteiger partial charge is 0.221 e. The Kier molecular flexibility index (Phi) is 10.3. The predicted octanol–water partition coefficient (Wildman–Crippen LogP) is 5.03. The fourth-order valence-electron chi connectivity index (χ4n) is 3.61. The molecule has 3 aromatic rings. The largest absolute Gasteiger partial charge is 0.384 e. The van der Waals surface area contributed by atoms with Crippen LogP contribution in [0.4, 0.5) is 5.69 Å². The van der Waals surface area contributed by atoms with Crippen LogP contribution in [-0.2, 0) is 11.3 Å². The molecule has 0 aromatic heterocycles. The zero-order valence-electron chi connectivity index (χ0n) is 19.9. The van der Waals surface area contributed by atoms with Gasteiger partial charge in [0.05, 0.1) is 11.6 Å². The minimum absolute atomic E-state index is 0.0141. The van der Waals surface area contributed by atoms with E-state index in [1.165, 1.54) is 0 Å². The van der Waals surface area contributed by atoms with Crippen LogP contribution in [0, 0.1) is 11.3 Å². The monoisotopic (exact) mass is 487 g/mol. The molecule has 35 heavy (non-hydrogen) atoms. The molecule has 6 nitrogen and oxygen atoms in total. The number of halogens is 1. The fraction of sp³-hybridized carbons (Fsp3) is 0.250. The standard InChI is InChI=1S/C28H30ClN5O/c1-31-20-24-10-8-21(18-30)17-27(24)33-13-5-14-34-28(35)12-15-32-19-22-9-11-25(26(29)16-22)23-6-3-2-4-7-23/h2-4,6-11,16-17,20,32-33H,5,12-15,19H2,1H3,(H,34,35). The van der Waals surface area contributed by atoms with Crippen molar-refractivity contribution in [1.29, 1.82) is 5.26 Å². The summed E-state index contributed by atoms with van der Waals surface area (Å²) in [5.74, 6) is 0.0141. The van der Waals surface area contributed by atoms with Crippen molar-refractivity contribution in [1.82, 2.24) is 10.6 Å². The van der Waals surface area contributed by atoms with Gasteiger partial charge in [-0.3, -0.25) is 9.79 Å². The SMILES string of the molecule is CN=Cc1ccc(C#N)cc1NCCCNC(=O)CCNCc1ccc(-c2ccccc2)c(Cl)c1. The fourth-order valence-corrected chi connectivity index (χ4v) is 3.93. The number of rotatable bonds is 12. The molecule has 0 unspecified atom stereocenters. The van der Waals surface area contributed by atoms with Crippen molar-refractivity contribution in [3.8, 4) is 17.2 Å². The number of carbonyl (C=O) groups excluding carboxylic acids is 1. The first-order valence-corrected chi connectivity index (χ1v) is 12.0. The van der Waals surface area contributed by atoms with Crippen LogP contribution in [0.3, 0.4) is 0 Å². The maximum Gasteiger partial charge on any atom is 0.221 e. The highest BCUT2D eigenvalue weighted by atomic mass is 35.5. The van der Waals surface area contributed by atoms with Crippen molar-refractivity contribution in [2.45, 2.75) is 19.4 Å². The Balaban J connectivity index is 1.32. The van der Waals surface area contributed by atoms with E-state index in [9.17, 15) is 4.79 Å². The number of nitriles is 1. The Morgan fingerprint density at radius 1 is 1.06 bits per heavy atom. The van der Waals surface area contributed by atoms with Crippen LogP contribution in [0.1, 0.15) is 29.5 Å². The number of amides is 1. The Morgan fingerprint density at radius 2 is 1.89 bits per heavy atom. The van der Waals surface area contributed by atoms with E-state index in [0.29, 0.717) is 38.2 Å². The molecule has 0 fully saturated rings. The lowest BCUT2D eigenvalue weighted by molar-refractivity contribution is -0.120. The van der Waals surface area contributed by atoms with Crippen LogP contribution in [0.15, 0.2) is 71.7 Å². The Bertz CT molecular complexity index is 1190. The number of hydrogen-bond acceptors (Lipinski definition) is 5. The quantitative estimate of drug-likeness (QED) is 0.247. The van der Waals surface area contributed by atoms with E-state index in [-0.39, 0.29) is 5.91 Å². The summed E-state index contributed by atoms with van der Waals surface area (Å²) in [4.78, 5) is 16.2. The van der Waals surface area contributed by atoms with Crippen LogP contribution >= 0.6 is 11.6 Å². The molecule has 0 aliphatic carbocycles. The third-order valence-electron chi connectivity index (χ3n) is 5.42. The highest BCUT2D eigenvalue weighted by Crippen LogP contribution is 2.28. The molecule has 3 N–H and O–H groups in total. The lowest BCUT2D eigenvalue weighted by Gasteiger charge is -2.11. The second kappa shape index (κ2) is 13.9. The zero-order chi connectivity index (χ0) is 24.9. The molecule has 3 rings (SSSR count). The molecule has 3 aromatic carbocycles. The molecule has 0 heterocycles. The molecule has 0 saturated carbocycles. The van der Waals surface area contributed by atoms with Crippen molar-refractivity contribution in [2.24, 2.45) is 4.99 Å². The number of carbonyl (C=O) groups is 1. The molecule has 0 radical (unpaired) electrons. The van der Waals surface area contributed by atoms with Gasteiger partial charge in [-0.2, -0.15) is 5.26 Å². The Hall–Kier alpha value is -3.66. The van der Waals surface area contributed by atoms with Crippen LogP contribution in [-0.4, -0.2) is 38.8 Å². The summed E-state index contributed by atoms with van der Waals surface area (Å²) in [5, 5.41) is 19.4. The van der Waals surface area contributed by atoms with E-state index in [0.717, 1.165) is 39.4 Å². The van der Waals surface area contributed by atoms with Crippen molar-refractivity contribution >= 4 is 29.4 Å². The van der Waals surface area contributed by atoms with Crippen molar-refractivity contribution in [3.63, 3.8) is 0 Å². The lowest BCUT2D eigenvalue weighted by Crippen LogP contribution is -2.29. The topological polar surface area (TPSA) is 89.3 Å². The number of nitrogens with zero attached hydrogens (tertiary/aromatic N) is 2. The van der Waals surface area contributed by atoms with Gasteiger partial charge in [0.2, 0.25) is 5.91 Å². The molecule has 0 saturated heterocycles. The third kappa shape index (κ3) is 8.25. The molecule has 0 spiro atoms. The summed E-state index contributed by atoms with van der Waals surface area (Å²) < 4.78 is 0. The maximum absolute atomic E-state index is 12.1. The molecule has 0 bridgehead atoms. The van der Waals surface area contributed by atoms with Gasteiger partial charge in [0.25, 0.3) is 0 Å². The van der Waals surface area contributed by atoms with Gasteiger partial charge in [0, 0.05) is 67.7 Å². The lowest BCUT2D eigenvalue weighted by atomic mass is 10.0. The van der Waals surface area contributed by atoms with Gasteiger partial charge >= 0.3 is 0 Å². The van der Waals surface area contributed by atoms with E-state index in [4.69, 9.17) is 16.9 Å². The first kappa shape index (κ1) is 26.0. The molecule has 1 amide bonds. The van der Waals surface area contributed by atoms with E-state index in [2.05, 4.69) is 33.1 Å². The van der Waals surface area contributed by atoms with Crippen molar-refractivity contribution < 1.29 is 4.79 Å². The van der Waals surface area contributed by atoms with E-state index < -0.39 is 0 Å². The van der Waals surface area contributed by atoms with Crippen molar-refractivity contribution in [2.75, 3.05) is 32.0 Å². The van der Waals surface area contributed by atoms with Gasteiger partial charge in [-0.05, 0) is 35.7 Å². The molecule has 0 atom stereocenters. The summed E-state index contributed by atoms with van der Waals surface area (Å²) in [5.41, 5.74) is 5.57. The highest BCUT2D eigenvalue weighted by Gasteiger charge is 2.06. The highest BCUT2D eigenvalue weighted by molar-refractivity contribution is 6.33. The number of benzene rings is 3. The molecule has 0 aliphatic rings. The van der Waals surface area contributed by atoms with Gasteiger partial charge in [0.15, 0.2) is 0 Å². The zero-order valence-corrected chi connectivity index (χ0v) is 20.6. The second-order valence-corrected chi connectivity index (χ2v) is 8.45. The summed E-state index contributed by atoms with van der Waals surface area (Å²) in [6, 6.07) is 23.7. The van der Waals surface area contributed by atoms with E-state index in [1.807, 2.05) is 54.6 Å². The van der Waals surface area contributed by atoms with E-state index in [1.54, 1.807) is 19.3 Å². The van der Waals surface area contributed by atoms with Crippen LogP contribution in [0.5, 0.6) is 0 Å². The molecule has 180 valence electrons. The summed E-state index contributed by atoms with van der Waals surface area (Å²) in [6.07, 6.45) is 2.93. The first-order chi connectivity index (χ1) is 17.1. The van der Waals surface area contributed by atoms with E-state index >= 15 is 0 Å². The Morgan fingerprint density at radius 3 is 2.63 bits per heavy atom. The first-order valence-electron chi connectivity index (χ1n) is 11.6. The maximum atomic E-state index is 12.1. The van der Waals surface area contributed by atoms with Gasteiger partial charge in [-0.15, -0.1) is 0 Å². The average Bonchev–Trinajstić information content (AvgIpc) is 2.88. The number of anilines is 1. The van der Waals surface area contributed by atoms with Gasteiger partial charge in [-0.1, -0.05) is 60.1 Å². The number of nitrogens with one attached hydrogen (secondary N) is 3. The molecular formula is C28H30ClN5O. The van der Waals surface area contributed by atoms with Gasteiger partial charge in [-0.25, -0.2) is 0 Å². The third-order valence-corrected chi connectivity index (χ3v) is 5.73. The van der Waals surface area contributed by atoms with Crippen LogP contribution in [0.2, 0.25) is 5.02 Å². The second-order valence-electron chi connectivity index (χ2n) is 8.04. The van der Waals surface area contributed by atoms with Crippen LogP contribution in [0.25, 0.3) is 11.1 Å². The molecule has 0 aliphatic heterocycles. The Labute approximate surface area is 212 Å². The summed E-state index contributed by atoms with van der Waals surface area (Å²) in [7, 11) is 1.71. The van der Waals surface area contributed by atoms with Gasteiger partial charge < -0.3 is 16.0 Å². The summed E-state index contributed by atoms with van der Waals surface area (Å²) >= 11 is 6.47. The van der Waals surface area contributed by atoms with Crippen LogP contribution < -0.4 is 16.0 Å². The van der Waals surface area contributed by atoms with Gasteiger partial charge in [0.1, 0.15) is 0 Å². The minimum atomic E-state index is 0.0141. The predicted molar refractivity (Wildman–Crippen MR) is 144 cm³/mol. The minimum Gasteiger partial charge on any atom is -0.384 e. The van der Waals surface area contributed by atoms with Crippen molar-refractivity contribution in [3.05, 3.63) is 88.4 Å².